The zero-order chi connectivity index (χ0) is 20.8. The first-order chi connectivity index (χ1) is 14.0. The molecule has 0 bridgehead atoms. The first-order valence-corrected chi connectivity index (χ1v) is 10.6. The number of carbonyl (C=O) groups excluding carboxylic acids is 3. The van der Waals surface area contributed by atoms with E-state index in [1.807, 2.05) is 4.90 Å². The third-order valence-corrected chi connectivity index (χ3v) is 5.76. The minimum absolute atomic E-state index is 0.0130. The van der Waals surface area contributed by atoms with E-state index in [1.54, 1.807) is 36.1 Å². The van der Waals surface area contributed by atoms with Crippen molar-refractivity contribution in [1.82, 2.24) is 14.7 Å². The SMILES string of the molecule is CCOC(=O)C1CCCN(C(=O)CN2CCN(C(=O)c3ccc(Cl)cc3)CC2)C1. The maximum Gasteiger partial charge on any atom is 0.310 e. The van der Waals surface area contributed by atoms with Crippen LogP contribution in [0.5, 0.6) is 0 Å². The summed E-state index contributed by atoms with van der Waals surface area (Å²) in [7, 11) is 0. The van der Waals surface area contributed by atoms with Gasteiger partial charge in [-0.05, 0) is 44.0 Å². The molecular weight excluding hydrogens is 394 g/mol. The Kier molecular flexibility index (Phi) is 7.50. The molecule has 2 saturated heterocycles. The van der Waals surface area contributed by atoms with Gasteiger partial charge in [0.2, 0.25) is 5.91 Å². The number of halogens is 1. The standard InChI is InChI=1S/C21H28ClN3O4/c1-2-29-21(28)17-4-3-9-25(14-17)19(26)15-23-10-12-24(13-11-23)20(27)16-5-7-18(22)8-6-16/h5-8,17H,2-4,9-15H2,1H3. The minimum atomic E-state index is -0.221. The number of amides is 2. The van der Waals surface area contributed by atoms with Crippen molar-refractivity contribution in [3.63, 3.8) is 0 Å². The summed E-state index contributed by atoms with van der Waals surface area (Å²) >= 11 is 5.88. The monoisotopic (exact) mass is 421 g/mol. The van der Waals surface area contributed by atoms with Crippen LogP contribution in [0.2, 0.25) is 5.02 Å². The molecule has 8 heteroatoms. The van der Waals surface area contributed by atoms with E-state index in [0.29, 0.717) is 63.0 Å². The lowest BCUT2D eigenvalue weighted by Crippen LogP contribution is -2.52. The molecule has 158 valence electrons. The third kappa shape index (κ3) is 5.70. The number of carbonyl (C=O) groups is 3. The molecule has 0 N–H and O–H groups in total. The van der Waals surface area contributed by atoms with Gasteiger partial charge in [-0.2, -0.15) is 0 Å². The molecule has 2 aliphatic heterocycles. The molecule has 1 atom stereocenters. The number of piperazine rings is 1. The second-order valence-electron chi connectivity index (χ2n) is 7.51. The van der Waals surface area contributed by atoms with E-state index in [4.69, 9.17) is 16.3 Å². The smallest absolute Gasteiger partial charge is 0.310 e. The van der Waals surface area contributed by atoms with Crippen molar-refractivity contribution >= 4 is 29.4 Å². The Morgan fingerprint density at radius 1 is 1.03 bits per heavy atom. The normalized spacial score (nSPS) is 20.4. The number of likely N-dealkylation sites (tertiary alicyclic amines) is 1. The van der Waals surface area contributed by atoms with Gasteiger partial charge in [-0.25, -0.2) is 0 Å². The fraction of sp³-hybridized carbons (Fsp3) is 0.571. The molecular formula is C21H28ClN3O4. The van der Waals surface area contributed by atoms with Gasteiger partial charge >= 0.3 is 5.97 Å². The third-order valence-electron chi connectivity index (χ3n) is 5.50. The first-order valence-electron chi connectivity index (χ1n) is 10.2. The maximum absolute atomic E-state index is 12.7. The Morgan fingerprint density at radius 3 is 2.38 bits per heavy atom. The molecule has 0 saturated carbocycles. The van der Waals surface area contributed by atoms with Crippen LogP contribution in [0.25, 0.3) is 0 Å². The molecule has 2 aliphatic rings. The Balaban J connectivity index is 1.46. The molecule has 29 heavy (non-hydrogen) atoms. The Bertz CT molecular complexity index is 732. The summed E-state index contributed by atoms with van der Waals surface area (Å²) in [4.78, 5) is 42.9. The summed E-state index contributed by atoms with van der Waals surface area (Å²) in [5.74, 6) is -0.404. The van der Waals surface area contributed by atoms with Crippen LogP contribution in [0.15, 0.2) is 24.3 Å². The van der Waals surface area contributed by atoms with Gasteiger partial charge in [0.15, 0.2) is 0 Å². The van der Waals surface area contributed by atoms with Crippen LogP contribution in [-0.4, -0.2) is 84.9 Å². The second kappa shape index (κ2) is 10.1. The summed E-state index contributed by atoms with van der Waals surface area (Å²) in [6.45, 7) is 6.07. The van der Waals surface area contributed by atoms with Gasteiger partial charge in [-0.1, -0.05) is 11.6 Å². The molecule has 1 aromatic rings. The van der Waals surface area contributed by atoms with E-state index in [1.165, 1.54) is 0 Å². The van der Waals surface area contributed by atoms with Crippen molar-refractivity contribution in [2.45, 2.75) is 19.8 Å². The lowest BCUT2D eigenvalue weighted by Gasteiger charge is -2.37. The van der Waals surface area contributed by atoms with Crippen LogP contribution < -0.4 is 0 Å². The number of nitrogens with zero attached hydrogens (tertiary/aromatic N) is 3. The largest absolute Gasteiger partial charge is 0.466 e. The average Bonchev–Trinajstić information content (AvgIpc) is 2.74. The molecule has 2 heterocycles. The number of rotatable bonds is 5. The quantitative estimate of drug-likeness (QED) is 0.679. The van der Waals surface area contributed by atoms with Gasteiger partial charge in [0.1, 0.15) is 0 Å². The van der Waals surface area contributed by atoms with Gasteiger partial charge in [-0.15, -0.1) is 0 Å². The second-order valence-corrected chi connectivity index (χ2v) is 7.94. The molecule has 1 aromatic carbocycles. The van der Waals surface area contributed by atoms with E-state index in [0.717, 1.165) is 12.8 Å². The molecule has 0 aliphatic carbocycles. The topological polar surface area (TPSA) is 70.2 Å². The van der Waals surface area contributed by atoms with Crippen molar-refractivity contribution < 1.29 is 19.1 Å². The highest BCUT2D eigenvalue weighted by Crippen LogP contribution is 2.19. The van der Waals surface area contributed by atoms with Crippen molar-refractivity contribution in [2.75, 3.05) is 52.4 Å². The van der Waals surface area contributed by atoms with Crippen molar-refractivity contribution in [2.24, 2.45) is 5.92 Å². The van der Waals surface area contributed by atoms with Crippen LogP contribution >= 0.6 is 11.6 Å². The van der Waals surface area contributed by atoms with Crippen LogP contribution in [-0.2, 0) is 14.3 Å². The van der Waals surface area contributed by atoms with E-state index in [9.17, 15) is 14.4 Å². The number of hydrogen-bond acceptors (Lipinski definition) is 5. The summed E-state index contributed by atoms with van der Waals surface area (Å²) in [5.41, 5.74) is 0.622. The Labute approximate surface area is 176 Å². The van der Waals surface area contributed by atoms with Crippen LogP contribution in [0.4, 0.5) is 0 Å². The van der Waals surface area contributed by atoms with E-state index in [-0.39, 0.29) is 23.7 Å². The van der Waals surface area contributed by atoms with Crippen LogP contribution in [0.1, 0.15) is 30.1 Å². The van der Waals surface area contributed by atoms with Gasteiger partial charge < -0.3 is 14.5 Å². The van der Waals surface area contributed by atoms with Gasteiger partial charge in [0.05, 0.1) is 19.1 Å². The fourth-order valence-corrected chi connectivity index (χ4v) is 3.96. The molecule has 3 rings (SSSR count). The predicted octanol–water partition coefficient (Wildman–Crippen LogP) is 1.90. The summed E-state index contributed by atoms with van der Waals surface area (Å²) in [6, 6.07) is 6.89. The highest BCUT2D eigenvalue weighted by molar-refractivity contribution is 6.30. The maximum atomic E-state index is 12.7. The van der Waals surface area contributed by atoms with Gasteiger partial charge in [-0.3, -0.25) is 19.3 Å². The summed E-state index contributed by atoms with van der Waals surface area (Å²) in [6.07, 6.45) is 1.59. The highest BCUT2D eigenvalue weighted by atomic mass is 35.5. The van der Waals surface area contributed by atoms with E-state index < -0.39 is 0 Å². The Hall–Kier alpha value is -2.12. The highest BCUT2D eigenvalue weighted by Gasteiger charge is 2.31. The first kappa shape index (κ1) is 21.6. The van der Waals surface area contributed by atoms with E-state index >= 15 is 0 Å². The summed E-state index contributed by atoms with van der Waals surface area (Å²) in [5, 5.41) is 0.604. The number of benzene rings is 1. The zero-order valence-corrected chi connectivity index (χ0v) is 17.6. The number of ether oxygens (including phenoxy) is 1. The van der Waals surface area contributed by atoms with Gasteiger partial charge in [0.25, 0.3) is 5.91 Å². The lowest BCUT2D eigenvalue weighted by molar-refractivity contribution is -0.151. The average molecular weight is 422 g/mol. The van der Waals surface area contributed by atoms with Crippen molar-refractivity contribution in [3.05, 3.63) is 34.9 Å². The minimum Gasteiger partial charge on any atom is -0.466 e. The lowest BCUT2D eigenvalue weighted by atomic mass is 9.98. The van der Waals surface area contributed by atoms with Crippen molar-refractivity contribution in [1.29, 1.82) is 0 Å². The number of piperidine rings is 1. The van der Waals surface area contributed by atoms with Crippen LogP contribution in [0, 0.1) is 5.92 Å². The molecule has 2 fully saturated rings. The zero-order valence-electron chi connectivity index (χ0n) is 16.8. The Morgan fingerprint density at radius 2 is 1.72 bits per heavy atom. The number of esters is 1. The molecule has 0 radical (unpaired) electrons. The molecule has 0 aromatic heterocycles. The van der Waals surface area contributed by atoms with Gasteiger partial charge in [0, 0.05) is 49.9 Å². The summed E-state index contributed by atoms with van der Waals surface area (Å²) < 4.78 is 5.10. The van der Waals surface area contributed by atoms with E-state index in [2.05, 4.69) is 4.90 Å². The predicted molar refractivity (Wildman–Crippen MR) is 110 cm³/mol. The fourth-order valence-electron chi connectivity index (χ4n) is 3.83. The van der Waals surface area contributed by atoms with Crippen LogP contribution in [0.3, 0.4) is 0 Å². The molecule has 2 amide bonds. The van der Waals surface area contributed by atoms with Crippen molar-refractivity contribution in [3.8, 4) is 0 Å². The number of hydrogen-bond donors (Lipinski definition) is 0. The molecule has 1 unspecified atom stereocenters. The molecule has 0 spiro atoms. The molecule has 7 nitrogen and oxygen atoms in total.